The molecule has 154 valence electrons. The zero-order valence-electron chi connectivity index (χ0n) is 14.4. The van der Waals surface area contributed by atoms with Gasteiger partial charge >= 0.3 is 24.3 Å². The molecule has 0 aliphatic rings. The Hall–Kier alpha value is -1.48. The minimum atomic E-state index is -4.51. The van der Waals surface area contributed by atoms with E-state index in [1.54, 1.807) is 0 Å². The molecule has 0 fully saturated rings. The molecule has 10 heteroatoms. The molecule has 0 rings (SSSR count). The average Bonchev–Trinajstić information content (AvgIpc) is 2.51. The zero-order chi connectivity index (χ0) is 20.1. The highest BCUT2D eigenvalue weighted by Crippen LogP contribution is 2.17. The first-order chi connectivity index (χ1) is 12.0. The molecule has 0 atom stereocenters. The molecule has 0 saturated heterocycles. The van der Waals surface area contributed by atoms with Crippen molar-refractivity contribution in [2.75, 3.05) is 13.2 Å². The first kappa shape index (κ1) is 24.5. The Morgan fingerprint density at radius 1 is 0.538 bits per heavy atom. The van der Waals surface area contributed by atoms with E-state index in [0.717, 1.165) is 25.7 Å². The van der Waals surface area contributed by atoms with E-state index in [9.17, 15) is 35.9 Å². The van der Waals surface area contributed by atoms with Crippen LogP contribution in [0, 0.1) is 0 Å². The number of hydrogen-bond acceptors (Lipinski definition) is 4. The fourth-order valence-electron chi connectivity index (χ4n) is 2.07. The van der Waals surface area contributed by atoms with Crippen LogP contribution in [0.5, 0.6) is 0 Å². The summed E-state index contributed by atoms with van der Waals surface area (Å²) in [5.74, 6) is -1.72. The van der Waals surface area contributed by atoms with Gasteiger partial charge in [-0.25, -0.2) is 0 Å². The Labute approximate surface area is 148 Å². The van der Waals surface area contributed by atoms with Crippen LogP contribution in [-0.4, -0.2) is 37.5 Å². The maximum atomic E-state index is 11.8. The van der Waals surface area contributed by atoms with E-state index in [1.165, 1.54) is 0 Å². The van der Waals surface area contributed by atoms with Gasteiger partial charge in [0.2, 0.25) is 0 Å². The van der Waals surface area contributed by atoms with Gasteiger partial charge in [-0.15, -0.1) is 0 Å². The lowest BCUT2D eigenvalue weighted by Crippen LogP contribution is -2.20. The van der Waals surface area contributed by atoms with Crippen LogP contribution in [0.15, 0.2) is 0 Å². The molecular formula is C16H24F6O4. The Kier molecular flexibility index (Phi) is 12.1. The van der Waals surface area contributed by atoms with Crippen molar-refractivity contribution >= 4 is 11.9 Å². The second kappa shape index (κ2) is 12.8. The summed E-state index contributed by atoms with van der Waals surface area (Å²) in [6.07, 6.45) is -3.41. The van der Waals surface area contributed by atoms with Crippen molar-refractivity contribution < 1.29 is 45.4 Å². The van der Waals surface area contributed by atoms with E-state index < -0.39 is 37.5 Å². The predicted octanol–water partition coefficient (Wildman–Crippen LogP) is 5.10. The van der Waals surface area contributed by atoms with Crippen molar-refractivity contribution in [1.82, 2.24) is 0 Å². The fourth-order valence-corrected chi connectivity index (χ4v) is 2.07. The Morgan fingerprint density at radius 3 is 1.08 bits per heavy atom. The van der Waals surface area contributed by atoms with E-state index >= 15 is 0 Å². The molecular weight excluding hydrogens is 370 g/mol. The summed E-state index contributed by atoms with van der Waals surface area (Å²) in [6.45, 7) is -3.12. The largest absolute Gasteiger partial charge is 0.456 e. The molecule has 0 radical (unpaired) electrons. The summed E-state index contributed by atoms with van der Waals surface area (Å²) in [4.78, 5) is 22.1. The molecule has 0 saturated carbocycles. The molecule has 4 nitrogen and oxygen atoms in total. The van der Waals surface area contributed by atoms with Gasteiger partial charge < -0.3 is 9.47 Å². The third kappa shape index (κ3) is 18.9. The minimum absolute atomic E-state index is 0.0455. The van der Waals surface area contributed by atoms with Crippen molar-refractivity contribution in [3.63, 3.8) is 0 Å². The Balaban J connectivity index is 3.36. The topological polar surface area (TPSA) is 52.6 Å². The molecule has 26 heavy (non-hydrogen) atoms. The summed E-state index contributed by atoms with van der Waals surface area (Å²) in [5.41, 5.74) is 0. The van der Waals surface area contributed by atoms with Gasteiger partial charge in [-0.2, -0.15) is 26.3 Å². The molecule has 0 aromatic rings. The number of ether oxygens (including phenoxy) is 2. The Bertz CT molecular complexity index is 369. The monoisotopic (exact) mass is 394 g/mol. The van der Waals surface area contributed by atoms with E-state index in [4.69, 9.17) is 0 Å². The highest BCUT2D eigenvalue weighted by Gasteiger charge is 2.30. The normalized spacial score (nSPS) is 12.1. The lowest BCUT2D eigenvalue weighted by molar-refractivity contribution is -0.186. The molecule has 0 aromatic carbocycles. The molecule has 0 N–H and O–H groups in total. The average molecular weight is 394 g/mol. The van der Waals surface area contributed by atoms with Crippen LogP contribution in [0.3, 0.4) is 0 Å². The molecule has 0 aliphatic carbocycles. The van der Waals surface area contributed by atoms with Gasteiger partial charge in [0, 0.05) is 12.8 Å². The number of unbranched alkanes of at least 4 members (excludes halogenated alkanes) is 7. The van der Waals surface area contributed by atoms with Crippen molar-refractivity contribution in [2.45, 2.75) is 76.6 Å². The molecule has 0 aliphatic heterocycles. The molecule has 0 aromatic heterocycles. The summed E-state index contributed by atoms with van der Waals surface area (Å²) in [5, 5.41) is 0. The van der Waals surface area contributed by atoms with Crippen LogP contribution in [0.2, 0.25) is 0 Å². The molecule has 0 heterocycles. The molecule has 0 unspecified atom stereocenters. The van der Waals surface area contributed by atoms with Gasteiger partial charge in [-0.3, -0.25) is 9.59 Å². The van der Waals surface area contributed by atoms with E-state index in [0.29, 0.717) is 25.7 Å². The van der Waals surface area contributed by atoms with Crippen molar-refractivity contribution in [1.29, 1.82) is 0 Å². The number of esters is 2. The molecule has 0 spiro atoms. The van der Waals surface area contributed by atoms with Crippen LogP contribution < -0.4 is 0 Å². The highest BCUT2D eigenvalue weighted by atomic mass is 19.4. The molecule has 0 amide bonds. The summed E-state index contributed by atoms with van der Waals surface area (Å²) in [6, 6.07) is 0. The van der Waals surface area contributed by atoms with Crippen LogP contribution in [-0.2, 0) is 19.1 Å². The summed E-state index contributed by atoms with van der Waals surface area (Å²) >= 11 is 0. The predicted molar refractivity (Wildman–Crippen MR) is 80.2 cm³/mol. The van der Waals surface area contributed by atoms with E-state index in [1.807, 2.05) is 0 Å². The number of hydrogen-bond donors (Lipinski definition) is 0. The van der Waals surface area contributed by atoms with Crippen molar-refractivity contribution in [3.8, 4) is 0 Å². The van der Waals surface area contributed by atoms with Gasteiger partial charge in [-0.1, -0.05) is 38.5 Å². The second-order valence-corrected chi connectivity index (χ2v) is 5.88. The van der Waals surface area contributed by atoms with Gasteiger partial charge in [0.1, 0.15) is 0 Å². The zero-order valence-corrected chi connectivity index (χ0v) is 14.4. The van der Waals surface area contributed by atoms with Crippen LogP contribution in [0.25, 0.3) is 0 Å². The number of carbonyl (C=O) groups excluding carboxylic acids is 2. The standard InChI is InChI=1S/C16H24F6O4/c17-15(18,19)11-25-13(23)9-7-5-3-1-2-4-6-8-10-14(24)26-12-16(20,21)22/h1-12H2. The van der Waals surface area contributed by atoms with E-state index in [-0.39, 0.29) is 12.8 Å². The summed E-state index contributed by atoms with van der Waals surface area (Å²) in [7, 11) is 0. The minimum Gasteiger partial charge on any atom is -0.456 e. The maximum absolute atomic E-state index is 11.8. The van der Waals surface area contributed by atoms with Crippen LogP contribution >= 0.6 is 0 Å². The van der Waals surface area contributed by atoms with Gasteiger partial charge in [-0.05, 0) is 12.8 Å². The van der Waals surface area contributed by atoms with Crippen molar-refractivity contribution in [2.24, 2.45) is 0 Å². The maximum Gasteiger partial charge on any atom is 0.422 e. The fraction of sp³-hybridized carbons (Fsp3) is 0.875. The Morgan fingerprint density at radius 2 is 0.808 bits per heavy atom. The number of alkyl halides is 6. The first-order valence-electron chi connectivity index (χ1n) is 8.44. The number of rotatable bonds is 13. The second-order valence-electron chi connectivity index (χ2n) is 5.88. The smallest absolute Gasteiger partial charge is 0.422 e. The van der Waals surface area contributed by atoms with Gasteiger partial charge in [0.25, 0.3) is 0 Å². The highest BCUT2D eigenvalue weighted by molar-refractivity contribution is 5.69. The van der Waals surface area contributed by atoms with Crippen LogP contribution in [0.1, 0.15) is 64.2 Å². The first-order valence-corrected chi connectivity index (χ1v) is 8.44. The third-order valence-electron chi connectivity index (χ3n) is 3.31. The van der Waals surface area contributed by atoms with Crippen molar-refractivity contribution in [3.05, 3.63) is 0 Å². The lowest BCUT2D eigenvalue weighted by atomic mass is 10.1. The quantitative estimate of drug-likeness (QED) is 0.248. The van der Waals surface area contributed by atoms with Gasteiger partial charge in [0.15, 0.2) is 13.2 Å². The third-order valence-corrected chi connectivity index (χ3v) is 3.31. The van der Waals surface area contributed by atoms with Crippen LogP contribution in [0.4, 0.5) is 26.3 Å². The number of carbonyl (C=O) groups is 2. The summed E-state index contributed by atoms with van der Waals surface area (Å²) < 4.78 is 79.0. The SMILES string of the molecule is O=C(CCCCCCCCCCC(=O)OCC(F)(F)F)OCC(F)(F)F. The van der Waals surface area contributed by atoms with Gasteiger partial charge in [0.05, 0.1) is 0 Å². The lowest BCUT2D eigenvalue weighted by Gasteiger charge is -2.08. The van der Waals surface area contributed by atoms with E-state index in [2.05, 4.69) is 9.47 Å². The number of halogens is 6. The molecule has 0 bridgehead atoms.